The topological polar surface area (TPSA) is 80.4 Å². The van der Waals surface area contributed by atoms with Crippen LogP contribution in [0.5, 0.6) is 5.88 Å². The molecule has 1 aromatic rings. The van der Waals surface area contributed by atoms with Crippen molar-refractivity contribution >= 4 is 11.5 Å². The van der Waals surface area contributed by atoms with E-state index in [9.17, 15) is 0 Å². The van der Waals surface area contributed by atoms with Crippen LogP contribution in [-0.4, -0.2) is 29.8 Å². The van der Waals surface area contributed by atoms with Crippen molar-refractivity contribution in [3.05, 3.63) is 12.1 Å². The lowest BCUT2D eigenvalue weighted by molar-refractivity contribution is 0.258. The Morgan fingerprint density at radius 1 is 1.44 bits per heavy atom. The Hall–Kier alpha value is -1.49. The lowest BCUT2D eigenvalue weighted by atomic mass is 10.0. The van der Waals surface area contributed by atoms with E-state index in [0.29, 0.717) is 24.1 Å². The molecule has 1 atom stereocenters. The predicted octanol–water partition coefficient (Wildman–Crippen LogP) is 1.88. The van der Waals surface area contributed by atoms with E-state index in [1.54, 1.807) is 6.07 Å². The minimum Gasteiger partial charge on any atom is -0.476 e. The molecule has 0 saturated heterocycles. The average molecular weight is 253 g/mol. The van der Waals surface area contributed by atoms with E-state index < -0.39 is 0 Å². The molecule has 0 aliphatic carbocycles. The monoisotopic (exact) mass is 253 g/mol. The van der Waals surface area contributed by atoms with Crippen LogP contribution in [0.4, 0.5) is 11.5 Å². The molecule has 0 aliphatic rings. The first-order valence-corrected chi connectivity index (χ1v) is 6.45. The zero-order chi connectivity index (χ0) is 13.4. The van der Waals surface area contributed by atoms with Crippen LogP contribution < -0.4 is 15.8 Å². The van der Waals surface area contributed by atoms with Gasteiger partial charge in [0.25, 0.3) is 0 Å². The molecule has 0 aliphatic heterocycles. The smallest absolute Gasteiger partial charge is 0.239 e. The number of nitrogens with zero attached hydrogens (tertiary/aromatic N) is 1. The highest BCUT2D eigenvalue weighted by molar-refractivity contribution is 5.53. The van der Waals surface area contributed by atoms with Gasteiger partial charge in [-0.25, -0.2) is 0 Å². The zero-order valence-corrected chi connectivity index (χ0v) is 11.1. The third-order valence-corrected chi connectivity index (χ3v) is 2.86. The van der Waals surface area contributed by atoms with Crippen LogP contribution in [0.2, 0.25) is 0 Å². The summed E-state index contributed by atoms with van der Waals surface area (Å²) < 4.78 is 5.34. The number of aromatic nitrogens is 1. The van der Waals surface area contributed by atoms with Gasteiger partial charge in [-0.1, -0.05) is 13.3 Å². The number of anilines is 2. The van der Waals surface area contributed by atoms with Crippen LogP contribution in [0.1, 0.15) is 26.7 Å². The Morgan fingerprint density at radius 2 is 2.22 bits per heavy atom. The van der Waals surface area contributed by atoms with E-state index >= 15 is 0 Å². The third-order valence-electron chi connectivity index (χ3n) is 2.86. The van der Waals surface area contributed by atoms with Crippen molar-refractivity contribution < 1.29 is 9.84 Å². The van der Waals surface area contributed by atoms with Gasteiger partial charge in [0.05, 0.1) is 12.3 Å². The molecule has 18 heavy (non-hydrogen) atoms. The normalized spacial score (nSPS) is 12.2. The van der Waals surface area contributed by atoms with Gasteiger partial charge in [-0.15, -0.1) is 0 Å². The van der Waals surface area contributed by atoms with Crippen molar-refractivity contribution in [1.29, 1.82) is 0 Å². The fraction of sp³-hybridized carbons (Fsp3) is 0.615. The Labute approximate surface area is 108 Å². The van der Waals surface area contributed by atoms with Gasteiger partial charge in [-0.3, -0.25) is 0 Å². The number of rotatable bonds is 8. The molecule has 0 bridgehead atoms. The van der Waals surface area contributed by atoms with E-state index in [2.05, 4.69) is 17.2 Å². The molecule has 5 heteroatoms. The van der Waals surface area contributed by atoms with Gasteiger partial charge in [-0.05, 0) is 31.4 Å². The molecule has 0 aromatic carbocycles. The second-order valence-corrected chi connectivity index (χ2v) is 4.19. The molecule has 0 amide bonds. The van der Waals surface area contributed by atoms with Gasteiger partial charge in [-0.2, -0.15) is 4.98 Å². The first-order chi connectivity index (χ1) is 8.71. The lowest BCUT2D eigenvalue weighted by Crippen LogP contribution is -2.16. The Morgan fingerprint density at radius 3 is 2.83 bits per heavy atom. The quantitative estimate of drug-likeness (QED) is 0.659. The summed E-state index contributed by atoms with van der Waals surface area (Å²) in [6, 6.07) is 3.62. The number of nitrogens with one attached hydrogen (secondary N) is 1. The molecular weight excluding hydrogens is 230 g/mol. The SMILES string of the molecule is CCOc1nc(NCC(CC)CCO)ccc1N. The summed E-state index contributed by atoms with van der Waals surface area (Å²) in [7, 11) is 0. The summed E-state index contributed by atoms with van der Waals surface area (Å²) >= 11 is 0. The number of aliphatic hydroxyl groups excluding tert-OH is 1. The predicted molar refractivity (Wildman–Crippen MR) is 73.8 cm³/mol. The van der Waals surface area contributed by atoms with Crippen molar-refractivity contribution in [3.8, 4) is 5.88 Å². The number of aliphatic hydroxyl groups is 1. The van der Waals surface area contributed by atoms with Crippen molar-refractivity contribution in [3.63, 3.8) is 0 Å². The molecule has 0 radical (unpaired) electrons. The van der Waals surface area contributed by atoms with E-state index in [1.165, 1.54) is 0 Å². The highest BCUT2D eigenvalue weighted by Gasteiger charge is 2.07. The molecule has 1 heterocycles. The summed E-state index contributed by atoms with van der Waals surface area (Å²) in [6.07, 6.45) is 1.83. The average Bonchev–Trinajstić information content (AvgIpc) is 2.38. The van der Waals surface area contributed by atoms with Crippen LogP contribution >= 0.6 is 0 Å². The summed E-state index contributed by atoms with van der Waals surface area (Å²) in [4.78, 5) is 4.31. The molecule has 0 saturated carbocycles. The maximum atomic E-state index is 8.94. The maximum absolute atomic E-state index is 8.94. The van der Waals surface area contributed by atoms with Gasteiger partial charge >= 0.3 is 0 Å². The molecule has 5 nitrogen and oxygen atoms in total. The molecule has 1 rings (SSSR count). The lowest BCUT2D eigenvalue weighted by Gasteiger charge is -2.15. The first-order valence-electron chi connectivity index (χ1n) is 6.45. The molecule has 1 aromatic heterocycles. The molecule has 1 unspecified atom stereocenters. The van der Waals surface area contributed by atoms with Gasteiger partial charge < -0.3 is 20.9 Å². The third kappa shape index (κ3) is 4.41. The summed E-state index contributed by atoms with van der Waals surface area (Å²) in [6.45, 7) is 5.57. The maximum Gasteiger partial charge on any atom is 0.239 e. The number of hydrogen-bond donors (Lipinski definition) is 3. The number of nitrogens with two attached hydrogens (primary N) is 1. The second-order valence-electron chi connectivity index (χ2n) is 4.19. The van der Waals surface area contributed by atoms with Crippen LogP contribution in [0.15, 0.2) is 12.1 Å². The van der Waals surface area contributed by atoms with Crippen molar-refractivity contribution in [2.24, 2.45) is 5.92 Å². The largest absolute Gasteiger partial charge is 0.476 e. The van der Waals surface area contributed by atoms with Crippen LogP contribution in [0.3, 0.4) is 0 Å². The van der Waals surface area contributed by atoms with E-state index in [-0.39, 0.29) is 6.61 Å². The van der Waals surface area contributed by atoms with E-state index in [4.69, 9.17) is 15.6 Å². The van der Waals surface area contributed by atoms with Crippen molar-refractivity contribution in [2.45, 2.75) is 26.7 Å². The minimum absolute atomic E-state index is 0.222. The summed E-state index contributed by atoms with van der Waals surface area (Å²) in [5.74, 6) is 1.67. The molecule has 4 N–H and O–H groups in total. The molecule has 0 spiro atoms. The standard InChI is InChI=1S/C13H23N3O2/c1-3-10(7-8-17)9-15-12-6-5-11(14)13(16-12)18-4-2/h5-6,10,17H,3-4,7-9,14H2,1-2H3,(H,15,16). The fourth-order valence-corrected chi connectivity index (χ4v) is 1.68. The minimum atomic E-state index is 0.222. The van der Waals surface area contributed by atoms with Gasteiger partial charge in [0.2, 0.25) is 5.88 Å². The number of nitrogen functional groups attached to an aromatic ring is 1. The summed E-state index contributed by atoms with van der Waals surface area (Å²) in [5, 5.41) is 12.2. The van der Waals surface area contributed by atoms with Crippen LogP contribution in [-0.2, 0) is 0 Å². The Bertz CT molecular complexity index is 358. The molecule has 102 valence electrons. The van der Waals surface area contributed by atoms with E-state index in [1.807, 2.05) is 13.0 Å². The zero-order valence-electron chi connectivity index (χ0n) is 11.1. The van der Waals surface area contributed by atoms with Crippen molar-refractivity contribution in [2.75, 3.05) is 30.8 Å². The first kappa shape index (κ1) is 14.6. The highest BCUT2D eigenvalue weighted by Crippen LogP contribution is 2.21. The summed E-state index contributed by atoms with van der Waals surface area (Å²) in [5.41, 5.74) is 6.30. The van der Waals surface area contributed by atoms with Gasteiger partial charge in [0.15, 0.2) is 0 Å². The van der Waals surface area contributed by atoms with Gasteiger partial charge in [0.1, 0.15) is 5.82 Å². The molecular formula is C13H23N3O2. The number of hydrogen-bond acceptors (Lipinski definition) is 5. The number of pyridine rings is 1. The second kappa shape index (κ2) is 7.76. The van der Waals surface area contributed by atoms with Gasteiger partial charge in [0, 0.05) is 13.2 Å². The fourth-order valence-electron chi connectivity index (χ4n) is 1.68. The van der Waals surface area contributed by atoms with Crippen LogP contribution in [0.25, 0.3) is 0 Å². The van der Waals surface area contributed by atoms with Crippen molar-refractivity contribution in [1.82, 2.24) is 4.98 Å². The van der Waals surface area contributed by atoms with E-state index in [0.717, 1.165) is 25.2 Å². The van der Waals surface area contributed by atoms with Crippen LogP contribution in [0, 0.1) is 5.92 Å². The highest BCUT2D eigenvalue weighted by atomic mass is 16.5. The Balaban J connectivity index is 2.58. The Kier molecular flexibility index (Phi) is 6.28. The number of ether oxygens (including phenoxy) is 1. The molecule has 0 fully saturated rings.